The molecule has 0 amide bonds. The second-order valence-corrected chi connectivity index (χ2v) is 8.15. The molecule has 0 aliphatic heterocycles. The summed E-state index contributed by atoms with van der Waals surface area (Å²) in [6.45, 7) is 0. The first-order chi connectivity index (χ1) is 15.1. The third kappa shape index (κ3) is 3.69. The van der Waals surface area contributed by atoms with Crippen molar-refractivity contribution in [3.63, 3.8) is 0 Å². The summed E-state index contributed by atoms with van der Waals surface area (Å²) in [5.41, 5.74) is 6.48. The van der Waals surface area contributed by atoms with Gasteiger partial charge in [-0.05, 0) is 79.9 Å². The standard InChI is InChI=1S/C29H24N2/c1-31(2)28-15-12-21(13-16-28)29(25-9-7-20-5-3-4-6-22(20)17-25)26-10-8-24-19-27(30)14-11-23(24)18-26/h3-19,30H,1-2H3/b29-26+,30-27?. The molecule has 1 aliphatic rings. The summed E-state index contributed by atoms with van der Waals surface area (Å²) in [7, 11) is 4.12. The highest BCUT2D eigenvalue weighted by Gasteiger charge is 2.10. The molecule has 0 bridgehead atoms. The van der Waals surface area contributed by atoms with Crippen molar-refractivity contribution < 1.29 is 0 Å². The molecule has 0 saturated carbocycles. The number of allylic oxidation sites excluding steroid dienone is 1. The van der Waals surface area contributed by atoms with E-state index in [2.05, 4.69) is 104 Å². The van der Waals surface area contributed by atoms with Crippen LogP contribution in [0.1, 0.15) is 16.7 Å². The lowest BCUT2D eigenvalue weighted by atomic mass is 9.92. The Hall–Kier alpha value is -3.91. The molecule has 5 rings (SSSR count). The summed E-state index contributed by atoms with van der Waals surface area (Å²) in [5, 5.41) is 12.7. The number of nitrogens with one attached hydrogen (secondary N) is 1. The Balaban J connectivity index is 1.79. The van der Waals surface area contributed by atoms with E-state index in [4.69, 9.17) is 5.41 Å². The number of benzene rings is 4. The van der Waals surface area contributed by atoms with E-state index in [0.29, 0.717) is 5.71 Å². The Morgan fingerprint density at radius 2 is 1.45 bits per heavy atom. The largest absolute Gasteiger partial charge is 0.378 e. The highest BCUT2D eigenvalue weighted by Crippen LogP contribution is 2.26. The van der Waals surface area contributed by atoms with Gasteiger partial charge in [0.25, 0.3) is 0 Å². The Labute approximate surface area is 182 Å². The monoisotopic (exact) mass is 400 g/mol. The first kappa shape index (κ1) is 19.1. The van der Waals surface area contributed by atoms with Crippen LogP contribution in [0, 0.1) is 5.41 Å². The minimum absolute atomic E-state index is 0.540. The average Bonchev–Trinajstić information content (AvgIpc) is 2.79. The van der Waals surface area contributed by atoms with Crippen molar-refractivity contribution in [2.24, 2.45) is 0 Å². The lowest BCUT2D eigenvalue weighted by Gasteiger charge is -2.15. The van der Waals surface area contributed by atoms with Gasteiger partial charge < -0.3 is 10.3 Å². The Bertz CT molecular complexity index is 1460. The maximum Gasteiger partial charge on any atom is 0.0546 e. The minimum atomic E-state index is 0.540. The molecule has 0 heterocycles. The summed E-state index contributed by atoms with van der Waals surface area (Å²) in [5.74, 6) is 0. The van der Waals surface area contributed by atoms with Crippen molar-refractivity contribution in [3.8, 4) is 0 Å². The highest BCUT2D eigenvalue weighted by molar-refractivity contribution is 6.18. The molecule has 0 spiro atoms. The highest BCUT2D eigenvalue weighted by atomic mass is 15.1. The SMILES string of the molecule is CN(C)c1ccc(/C(c2ccc3ccccc3c2)=c2/ccc3c(c2)C=CC(=N)C=3)cc1. The van der Waals surface area contributed by atoms with Gasteiger partial charge in [-0.15, -0.1) is 0 Å². The van der Waals surface area contributed by atoms with Crippen LogP contribution in [0.5, 0.6) is 0 Å². The molecule has 1 N–H and O–H groups in total. The molecule has 31 heavy (non-hydrogen) atoms. The second-order valence-electron chi connectivity index (χ2n) is 8.15. The molecule has 4 aromatic rings. The first-order valence-electron chi connectivity index (χ1n) is 10.5. The number of fused-ring (bicyclic) bond motifs is 2. The number of nitrogens with zero attached hydrogens (tertiary/aromatic N) is 1. The van der Waals surface area contributed by atoms with Crippen LogP contribution in [0.3, 0.4) is 0 Å². The molecule has 0 saturated heterocycles. The van der Waals surface area contributed by atoms with Crippen LogP contribution in [-0.2, 0) is 0 Å². The van der Waals surface area contributed by atoms with E-state index in [1.54, 1.807) is 0 Å². The Morgan fingerprint density at radius 3 is 2.23 bits per heavy atom. The maximum atomic E-state index is 7.91. The van der Waals surface area contributed by atoms with E-state index in [9.17, 15) is 0 Å². The molecule has 1 aliphatic carbocycles. The zero-order valence-electron chi connectivity index (χ0n) is 17.8. The van der Waals surface area contributed by atoms with Crippen molar-refractivity contribution in [1.82, 2.24) is 0 Å². The summed E-state index contributed by atoms with van der Waals surface area (Å²) in [6, 6.07) is 30.5. The third-order valence-electron chi connectivity index (χ3n) is 5.84. The molecule has 2 nitrogen and oxygen atoms in total. The number of hydrogen-bond donors (Lipinski definition) is 1. The predicted octanol–water partition coefficient (Wildman–Crippen LogP) is 4.98. The number of rotatable bonds is 3. The first-order valence-corrected chi connectivity index (χ1v) is 10.5. The predicted molar refractivity (Wildman–Crippen MR) is 133 cm³/mol. The van der Waals surface area contributed by atoms with Crippen molar-refractivity contribution in [3.05, 3.63) is 118 Å². The molecule has 4 aromatic carbocycles. The van der Waals surface area contributed by atoms with Crippen molar-refractivity contribution >= 4 is 39.9 Å². The van der Waals surface area contributed by atoms with Gasteiger partial charge in [-0.3, -0.25) is 0 Å². The van der Waals surface area contributed by atoms with E-state index in [1.807, 2.05) is 18.2 Å². The van der Waals surface area contributed by atoms with Gasteiger partial charge in [0.1, 0.15) is 0 Å². The lowest BCUT2D eigenvalue weighted by molar-refractivity contribution is 1.13. The van der Waals surface area contributed by atoms with Crippen LogP contribution in [0.2, 0.25) is 0 Å². The summed E-state index contributed by atoms with van der Waals surface area (Å²) < 4.78 is 0. The van der Waals surface area contributed by atoms with E-state index < -0.39 is 0 Å². The lowest BCUT2D eigenvalue weighted by Crippen LogP contribution is -2.18. The molecule has 150 valence electrons. The van der Waals surface area contributed by atoms with Gasteiger partial charge in [0.05, 0.1) is 5.71 Å². The molecule has 0 unspecified atom stereocenters. The zero-order valence-corrected chi connectivity index (χ0v) is 17.8. The molecular weight excluding hydrogens is 376 g/mol. The van der Waals surface area contributed by atoms with Crippen LogP contribution in [0.25, 0.3) is 28.5 Å². The fourth-order valence-corrected chi connectivity index (χ4v) is 4.17. The summed E-state index contributed by atoms with van der Waals surface area (Å²) >= 11 is 0. The van der Waals surface area contributed by atoms with E-state index in [0.717, 1.165) is 10.8 Å². The fraction of sp³-hybridized carbons (Fsp3) is 0.0690. The normalized spacial score (nSPS) is 13.5. The molecular formula is C29H24N2. The quantitative estimate of drug-likeness (QED) is 0.516. The van der Waals surface area contributed by atoms with Crippen LogP contribution in [-0.4, -0.2) is 19.8 Å². The van der Waals surface area contributed by atoms with Gasteiger partial charge in [0, 0.05) is 19.8 Å². The summed E-state index contributed by atoms with van der Waals surface area (Å²) in [6.07, 6.45) is 5.81. The topological polar surface area (TPSA) is 27.1 Å². The fourth-order valence-electron chi connectivity index (χ4n) is 4.17. The molecule has 2 heteroatoms. The van der Waals surface area contributed by atoms with Gasteiger partial charge in [0.15, 0.2) is 0 Å². The van der Waals surface area contributed by atoms with E-state index in [-0.39, 0.29) is 0 Å². The minimum Gasteiger partial charge on any atom is -0.378 e. The van der Waals surface area contributed by atoms with Crippen LogP contribution < -0.4 is 15.3 Å². The average molecular weight is 401 g/mol. The smallest absolute Gasteiger partial charge is 0.0546 e. The van der Waals surface area contributed by atoms with Gasteiger partial charge in [-0.25, -0.2) is 0 Å². The van der Waals surface area contributed by atoms with Crippen molar-refractivity contribution in [2.45, 2.75) is 0 Å². The Kier molecular flexibility index (Phi) is 4.76. The zero-order chi connectivity index (χ0) is 21.4. The maximum absolute atomic E-state index is 7.91. The molecule has 0 fully saturated rings. The van der Waals surface area contributed by atoms with Gasteiger partial charge in [0.2, 0.25) is 0 Å². The van der Waals surface area contributed by atoms with Crippen molar-refractivity contribution in [2.75, 3.05) is 19.0 Å². The Morgan fingerprint density at radius 1 is 0.710 bits per heavy atom. The van der Waals surface area contributed by atoms with Crippen LogP contribution in [0.4, 0.5) is 5.69 Å². The molecule has 0 aromatic heterocycles. The van der Waals surface area contributed by atoms with Crippen LogP contribution >= 0.6 is 0 Å². The van der Waals surface area contributed by atoms with Crippen molar-refractivity contribution in [1.29, 1.82) is 5.41 Å². The third-order valence-corrected chi connectivity index (χ3v) is 5.84. The number of hydrogen-bond acceptors (Lipinski definition) is 2. The second kappa shape index (κ2) is 7.73. The van der Waals surface area contributed by atoms with Crippen LogP contribution in [0.15, 0.2) is 91.0 Å². The molecule has 0 radical (unpaired) electrons. The number of anilines is 1. The van der Waals surface area contributed by atoms with E-state index >= 15 is 0 Å². The summed E-state index contributed by atoms with van der Waals surface area (Å²) in [4.78, 5) is 2.12. The van der Waals surface area contributed by atoms with Gasteiger partial charge in [-0.1, -0.05) is 66.7 Å². The van der Waals surface area contributed by atoms with Gasteiger partial charge in [-0.2, -0.15) is 0 Å². The van der Waals surface area contributed by atoms with Gasteiger partial charge >= 0.3 is 0 Å². The molecule has 0 atom stereocenters. The van der Waals surface area contributed by atoms with E-state index in [1.165, 1.54) is 38.4 Å².